The van der Waals surface area contributed by atoms with Gasteiger partial charge in [0, 0.05) is 0 Å². The van der Waals surface area contributed by atoms with E-state index in [-0.39, 0.29) is 10.8 Å². The second kappa shape index (κ2) is 7.45. The van der Waals surface area contributed by atoms with Crippen LogP contribution in [-0.4, -0.2) is 0 Å². The lowest BCUT2D eigenvalue weighted by atomic mass is 9.77. The van der Waals surface area contributed by atoms with Gasteiger partial charge in [-0.3, -0.25) is 0 Å². The molecule has 2 aromatic carbocycles. The highest BCUT2D eigenvalue weighted by Gasteiger charge is 2.25. The molecule has 2 aromatic rings. The average Bonchev–Trinajstić information content (AvgIpc) is 2.64. The Kier molecular flexibility index (Phi) is 5.43. The zero-order valence-corrected chi connectivity index (χ0v) is 19.6. The van der Waals surface area contributed by atoms with E-state index in [1.54, 1.807) is 0 Å². The van der Waals surface area contributed by atoms with Crippen LogP contribution in [0.5, 0.6) is 0 Å². The van der Waals surface area contributed by atoms with Gasteiger partial charge >= 0.3 is 0 Å². The highest BCUT2D eigenvalue weighted by Crippen LogP contribution is 2.38. The third-order valence-corrected chi connectivity index (χ3v) is 6.44. The van der Waals surface area contributed by atoms with Gasteiger partial charge in [0.2, 0.25) is 0 Å². The lowest BCUT2D eigenvalue weighted by molar-refractivity contribution is 0.587. The fourth-order valence-corrected chi connectivity index (χ4v) is 4.22. The molecule has 1 aliphatic carbocycles. The molecular formula is C28H32N2. The van der Waals surface area contributed by atoms with E-state index in [1.807, 2.05) is 0 Å². The molecule has 0 fully saturated rings. The maximum Gasteiger partial charge on any atom is 0.101 e. The molecule has 2 nitrogen and oxygen atoms in total. The summed E-state index contributed by atoms with van der Waals surface area (Å²) < 4.78 is 0. The van der Waals surface area contributed by atoms with Gasteiger partial charge in [0.25, 0.3) is 0 Å². The third kappa shape index (κ3) is 3.80. The van der Waals surface area contributed by atoms with Gasteiger partial charge in [-0.15, -0.1) is 0 Å². The van der Waals surface area contributed by atoms with Crippen molar-refractivity contribution in [1.82, 2.24) is 0 Å². The molecule has 3 rings (SSSR count). The maximum atomic E-state index is 10.2. The first kappa shape index (κ1) is 21.9. The molecule has 4 bridgehead atoms. The van der Waals surface area contributed by atoms with Gasteiger partial charge < -0.3 is 0 Å². The molecule has 0 unspecified atom stereocenters. The smallest absolute Gasteiger partial charge is 0.101 e. The summed E-state index contributed by atoms with van der Waals surface area (Å²) in [5.74, 6) is 0. The molecular weight excluding hydrogens is 364 g/mol. The minimum absolute atomic E-state index is 0.0294. The fourth-order valence-electron chi connectivity index (χ4n) is 4.22. The van der Waals surface area contributed by atoms with E-state index in [1.165, 1.54) is 22.3 Å². The van der Waals surface area contributed by atoms with Crippen molar-refractivity contribution in [2.45, 2.75) is 79.1 Å². The van der Waals surface area contributed by atoms with Crippen molar-refractivity contribution in [3.05, 3.63) is 68.8 Å². The second-order valence-corrected chi connectivity index (χ2v) is 10.6. The topological polar surface area (TPSA) is 47.6 Å². The summed E-state index contributed by atoms with van der Waals surface area (Å²) in [5.41, 5.74) is 9.92. The number of nitrogens with zero attached hydrogens (tertiary/aromatic N) is 2. The van der Waals surface area contributed by atoms with Crippen molar-refractivity contribution in [3.8, 4) is 12.1 Å². The molecule has 0 atom stereocenters. The second-order valence-electron chi connectivity index (χ2n) is 10.6. The monoisotopic (exact) mass is 396 g/mol. The SMILES string of the molecule is Cc1c2cc(C(C)(C)C)cc1/C(C#N)=C(/C#N)c1cc(C(C)(C)C)cc(c1C)CC2. The van der Waals surface area contributed by atoms with E-state index in [4.69, 9.17) is 0 Å². The fraction of sp³-hybridized carbons (Fsp3) is 0.429. The van der Waals surface area contributed by atoms with Gasteiger partial charge in [-0.1, -0.05) is 53.7 Å². The molecule has 0 saturated carbocycles. The molecule has 154 valence electrons. The minimum atomic E-state index is -0.0294. The van der Waals surface area contributed by atoms with Crippen LogP contribution in [0, 0.1) is 36.5 Å². The molecule has 2 heteroatoms. The number of rotatable bonds is 0. The Morgan fingerprint density at radius 3 is 1.23 bits per heavy atom. The van der Waals surface area contributed by atoms with Crippen LogP contribution in [0.25, 0.3) is 11.1 Å². The van der Waals surface area contributed by atoms with Gasteiger partial charge in [-0.25, -0.2) is 0 Å². The van der Waals surface area contributed by atoms with E-state index in [0.717, 1.165) is 35.1 Å². The van der Waals surface area contributed by atoms with Gasteiger partial charge in [-0.2, -0.15) is 10.5 Å². The summed E-state index contributed by atoms with van der Waals surface area (Å²) in [6, 6.07) is 13.6. The molecule has 0 radical (unpaired) electrons. The van der Waals surface area contributed by atoms with E-state index >= 15 is 0 Å². The van der Waals surface area contributed by atoms with Gasteiger partial charge in [0.1, 0.15) is 12.1 Å². The predicted molar refractivity (Wildman–Crippen MR) is 125 cm³/mol. The van der Waals surface area contributed by atoms with Crippen molar-refractivity contribution < 1.29 is 0 Å². The van der Waals surface area contributed by atoms with Crippen LogP contribution in [0.1, 0.15) is 86.1 Å². The summed E-state index contributed by atoms with van der Waals surface area (Å²) in [6.07, 6.45) is 1.86. The van der Waals surface area contributed by atoms with Crippen LogP contribution in [0.4, 0.5) is 0 Å². The van der Waals surface area contributed by atoms with E-state index in [0.29, 0.717) is 11.1 Å². The molecule has 0 heterocycles. The Morgan fingerprint density at radius 1 is 0.633 bits per heavy atom. The molecule has 0 aromatic heterocycles. The first-order chi connectivity index (χ1) is 13.9. The quantitative estimate of drug-likeness (QED) is 0.483. The Labute approximate surface area is 181 Å². The number of allylic oxidation sites excluding steroid dienone is 2. The van der Waals surface area contributed by atoms with Gasteiger partial charge in [0.05, 0.1) is 11.1 Å². The Balaban J connectivity index is 2.49. The molecule has 0 amide bonds. The van der Waals surface area contributed by atoms with E-state index in [9.17, 15) is 10.5 Å². The van der Waals surface area contributed by atoms with Crippen molar-refractivity contribution >= 4 is 11.1 Å². The number of hydrogen-bond acceptors (Lipinski definition) is 2. The predicted octanol–water partition coefficient (Wildman–Crippen LogP) is 6.96. The van der Waals surface area contributed by atoms with Crippen LogP contribution in [0.15, 0.2) is 24.3 Å². The standard InChI is InChI=1S/C28H32N2/c1-17-19-9-10-20-12-22(28(6,7)8)14-24(18(20)2)26(16-30)25(15-29)23(17)13-21(11-19)27(3,4)5/h11-14H,9-10H2,1-8H3/b26-25-. The number of fused-ring (bicyclic) bond motifs is 4. The first-order valence-electron chi connectivity index (χ1n) is 10.7. The highest BCUT2D eigenvalue weighted by atomic mass is 14.3. The normalized spacial score (nSPS) is 16.6. The summed E-state index contributed by atoms with van der Waals surface area (Å²) in [4.78, 5) is 0. The lowest BCUT2D eigenvalue weighted by Crippen LogP contribution is -2.16. The van der Waals surface area contributed by atoms with Crippen molar-refractivity contribution in [1.29, 1.82) is 10.5 Å². The minimum Gasteiger partial charge on any atom is -0.192 e. The number of nitriles is 2. The molecule has 0 saturated heterocycles. The van der Waals surface area contributed by atoms with Crippen LogP contribution in [0.3, 0.4) is 0 Å². The summed E-state index contributed by atoms with van der Waals surface area (Å²) >= 11 is 0. The van der Waals surface area contributed by atoms with Crippen molar-refractivity contribution in [2.75, 3.05) is 0 Å². The third-order valence-electron chi connectivity index (χ3n) is 6.44. The van der Waals surface area contributed by atoms with Crippen LogP contribution in [-0.2, 0) is 23.7 Å². The highest BCUT2D eigenvalue weighted by molar-refractivity contribution is 6.04. The van der Waals surface area contributed by atoms with Crippen molar-refractivity contribution in [3.63, 3.8) is 0 Å². The van der Waals surface area contributed by atoms with Gasteiger partial charge in [0.15, 0.2) is 0 Å². The molecule has 0 aliphatic heterocycles. The molecule has 0 N–H and O–H groups in total. The van der Waals surface area contributed by atoms with Crippen LogP contribution in [0.2, 0.25) is 0 Å². The first-order valence-corrected chi connectivity index (χ1v) is 10.7. The average molecular weight is 397 g/mol. The van der Waals surface area contributed by atoms with Crippen LogP contribution < -0.4 is 0 Å². The Bertz CT molecular complexity index is 1040. The van der Waals surface area contributed by atoms with E-state index in [2.05, 4.69) is 91.8 Å². The summed E-state index contributed by atoms with van der Waals surface area (Å²) in [7, 11) is 0. The van der Waals surface area contributed by atoms with Crippen molar-refractivity contribution in [2.24, 2.45) is 0 Å². The molecule has 0 spiro atoms. The Hall–Kier alpha value is -2.84. The maximum absolute atomic E-state index is 10.2. The zero-order chi connectivity index (χ0) is 22.4. The zero-order valence-electron chi connectivity index (χ0n) is 19.6. The lowest BCUT2D eigenvalue weighted by Gasteiger charge is -2.26. The van der Waals surface area contributed by atoms with Crippen LogP contribution >= 0.6 is 0 Å². The number of benzene rings is 2. The summed E-state index contributed by atoms with van der Waals surface area (Å²) in [6.45, 7) is 17.3. The largest absolute Gasteiger partial charge is 0.192 e. The Morgan fingerprint density at radius 2 is 0.967 bits per heavy atom. The summed E-state index contributed by atoms with van der Waals surface area (Å²) in [5, 5.41) is 20.4. The molecule has 1 aliphatic rings. The van der Waals surface area contributed by atoms with E-state index < -0.39 is 0 Å². The molecule has 30 heavy (non-hydrogen) atoms. The number of hydrogen-bond donors (Lipinski definition) is 0. The number of aryl methyl sites for hydroxylation is 2. The van der Waals surface area contributed by atoms with Gasteiger partial charge in [-0.05, 0) is 94.2 Å².